The lowest BCUT2D eigenvalue weighted by Crippen LogP contribution is -2.39. The van der Waals surface area contributed by atoms with Gasteiger partial charge < -0.3 is 14.5 Å². The van der Waals surface area contributed by atoms with Crippen molar-refractivity contribution < 1.29 is 9.15 Å². The van der Waals surface area contributed by atoms with E-state index in [0.717, 1.165) is 32.0 Å². The summed E-state index contributed by atoms with van der Waals surface area (Å²) in [6.07, 6.45) is 4.56. The standard InChI is InChI=1S/C14H24N2O2/c1-12(9-15-10-13-5-3-7-17-13)16(2)11-14-6-4-8-18-14/h4,6,8,12-13,15H,3,5,7,9-11H2,1-2H3. The van der Waals surface area contributed by atoms with E-state index in [9.17, 15) is 0 Å². The predicted molar refractivity (Wildman–Crippen MR) is 71.5 cm³/mol. The molecule has 0 aliphatic carbocycles. The second-order valence-corrected chi connectivity index (χ2v) is 5.14. The van der Waals surface area contributed by atoms with Gasteiger partial charge in [0.15, 0.2) is 0 Å². The largest absolute Gasteiger partial charge is 0.468 e. The Labute approximate surface area is 109 Å². The molecule has 1 aromatic rings. The van der Waals surface area contributed by atoms with Crippen LogP contribution in [-0.2, 0) is 11.3 Å². The molecule has 1 aromatic heterocycles. The average molecular weight is 252 g/mol. The monoisotopic (exact) mass is 252 g/mol. The van der Waals surface area contributed by atoms with Crippen LogP contribution >= 0.6 is 0 Å². The summed E-state index contributed by atoms with van der Waals surface area (Å²) in [6.45, 7) is 5.97. The smallest absolute Gasteiger partial charge is 0.117 e. The van der Waals surface area contributed by atoms with Crippen molar-refractivity contribution in [2.24, 2.45) is 0 Å². The molecule has 18 heavy (non-hydrogen) atoms. The van der Waals surface area contributed by atoms with Crippen LogP contribution in [0.15, 0.2) is 22.8 Å². The van der Waals surface area contributed by atoms with Crippen LogP contribution in [0.1, 0.15) is 25.5 Å². The van der Waals surface area contributed by atoms with Crippen LogP contribution in [0, 0.1) is 0 Å². The molecule has 1 aliphatic heterocycles. The average Bonchev–Trinajstić information content (AvgIpc) is 3.01. The molecule has 2 heterocycles. The molecule has 2 unspecified atom stereocenters. The Morgan fingerprint density at radius 3 is 3.11 bits per heavy atom. The maximum absolute atomic E-state index is 5.59. The summed E-state index contributed by atoms with van der Waals surface area (Å²) in [5, 5.41) is 3.49. The molecule has 0 saturated carbocycles. The van der Waals surface area contributed by atoms with Gasteiger partial charge in [-0.1, -0.05) is 0 Å². The van der Waals surface area contributed by atoms with E-state index < -0.39 is 0 Å². The normalized spacial score (nSPS) is 21.6. The highest BCUT2D eigenvalue weighted by molar-refractivity contribution is 4.97. The van der Waals surface area contributed by atoms with E-state index in [1.54, 1.807) is 6.26 Å². The van der Waals surface area contributed by atoms with E-state index in [0.29, 0.717) is 12.1 Å². The Morgan fingerprint density at radius 1 is 1.56 bits per heavy atom. The number of hydrogen-bond acceptors (Lipinski definition) is 4. The van der Waals surface area contributed by atoms with E-state index in [1.165, 1.54) is 12.8 Å². The summed E-state index contributed by atoms with van der Waals surface area (Å²) >= 11 is 0. The fourth-order valence-electron chi connectivity index (χ4n) is 2.22. The molecule has 2 rings (SSSR count). The van der Waals surface area contributed by atoms with Crippen LogP contribution in [0.2, 0.25) is 0 Å². The third-order valence-corrected chi connectivity index (χ3v) is 3.57. The number of likely N-dealkylation sites (N-methyl/N-ethyl adjacent to an activating group) is 1. The fourth-order valence-corrected chi connectivity index (χ4v) is 2.22. The zero-order chi connectivity index (χ0) is 12.8. The molecular formula is C14H24N2O2. The molecule has 0 spiro atoms. The van der Waals surface area contributed by atoms with Gasteiger partial charge in [-0.15, -0.1) is 0 Å². The van der Waals surface area contributed by atoms with E-state index in [2.05, 4.69) is 24.2 Å². The Hall–Kier alpha value is -0.840. The number of furan rings is 1. The van der Waals surface area contributed by atoms with Gasteiger partial charge >= 0.3 is 0 Å². The maximum Gasteiger partial charge on any atom is 0.117 e. The molecule has 0 amide bonds. The van der Waals surface area contributed by atoms with Gasteiger partial charge in [-0.25, -0.2) is 0 Å². The molecule has 1 aliphatic rings. The molecule has 0 bridgehead atoms. The van der Waals surface area contributed by atoms with E-state index in [4.69, 9.17) is 9.15 Å². The van der Waals surface area contributed by atoms with Crippen LogP contribution in [0.3, 0.4) is 0 Å². The molecule has 0 aromatic carbocycles. The van der Waals surface area contributed by atoms with Crippen molar-refractivity contribution in [3.8, 4) is 0 Å². The lowest BCUT2D eigenvalue weighted by Gasteiger charge is -2.24. The summed E-state index contributed by atoms with van der Waals surface area (Å²) in [5.74, 6) is 1.02. The fraction of sp³-hybridized carbons (Fsp3) is 0.714. The minimum atomic E-state index is 0.424. The van der Waals surface area contributed by atoms with Gasteiger partial charge in [-0.2, -0.15) is 0 Å². The molecule has 0 radical (unpaired) electrons. The quantitative estimate of drug-likeness (QED) is 0.804. The van der Waals surface area contributed by atoms with Crippen LogP contribution in [-0.4, -0.2) is 43.8 Å². The number of nitrogens with zero attached hydrogens (tertiary/aromatic N) is 1. The first-order valence-electron chi connectivity index (χ1n) is 6.80. The Balaban J connectivity index is 1.62. The first-order chi connectivity index (χ1) is 8.75. The minimum Gasteiger partial charge on any atom is -0.468 e. The van der Waals surface area contributed by atoms with E-state index in [1.807, 2.05) is 12.1 Å². The van der Waals surface area contributed by atoms with Gasteiger partial charge in [0, 0.05) is 25.7 Å². The molecule has 1 fully saturated rings. The molecule has 4 heteroatoms. The van der Waals surface area contributed by atoms with Gasteiger partial charge in [0.05, 0.1) is 18.9 Å². The second kappa shape index (κ2) is 6.92. The zero-order valence-electron chi connectivity index (χ0n) is 11.4. The minimum absolute atomic E-state index is 0.424. The first-order valence-corrected chi connectivity index (χ1v) is 6.80. The Morgan fingerprint density at radius 2 is 2.44 bits per heavy atom. The van der Waals surface area contributed by atoms with Gasteiger partial charge in [-0.3, -0.25) is 4.90 Å². The van der Waals surface area contributed by atoms with Crippen molar-refractivity contribution in [1.29, 1.82) is 0 Å². The summed E-state index contributed by atoms with van der Waals surface area (Å²) in [6, 6.07) is 4.43. The first kappa shape index (κ1) is 13.6. The van der Waals surface area contributed by atoms with Crippen LogP contribution in [0.4, 0.5) is 0 Å². The third-order valence-electron chi connectivity index (χ3n) is 3.57. The maximum atomic E-state index is 5.59. The van der Waals surface area contributed by atoms with Crippen molar-refractivity contribution in [3.05, 3.63) is 24.2 Å². The lowest BCUT2D eigenvalue weighted by molar-refractivity contribution is 0.107. The lowest BCUT2D eigenvalue weighted by atomic mass is 10.2. The Kier molecular flexibility index (Phi) is 5.23. The van der Waals surface area contributed by atoms with Gasteiger partial charge in [0.1, 0.15) is 5.76 Å². The van der Waals surface area contributed by atoms with Gasteiger partial charge in [-0.05, 0) is 38.9 Å². The molecule has 102 valence electrons. The molecule has 4 nitrogen and oxygen atoms in total. The summed E-state index contributed by atoms with van der Waals surface area (Å²) < 4.78 is 10.9. The van der Waals surface area contributed by atoms with Crippen LogP contribution in [0.25, 0.3) is 0 Å². The second-order valence-electron chi connectivity index (χ2n) is 5.14. The van der Waals surface area contributed by atoms with Gasteiger partial charge in [0.2, 0.25) is 0 Å². The molecule has 1 N–H and O–H groups in total. The van der Waals surface area contributed by atoms with Crippen LogP contribution < -0.4 is 5.32 Å². The molecule has 2 atom stereocenters. The molecule has 1 saturated heterocycles. The van der Waals surface area contributed by atoms with Crippen molar-refractivity contribution >= 4 is 0 Å². The highest BCUT2D eigenvalue weighted by atomic mass is 16.5. The zero-order valence-corrected chi connectivity index (χ0v) is 11.4. The highest BCUT2D eigenvalue weighted by Gasteiger charge is 2.16. The summed E-state index contributed by atoms with van der Waals surface area (Å²) in [7, 11) is 2.13. The Bertz CT molecular complexity index is 321. The molecular weight excluding hydrogens is 228 g/mol. The predicted octanol–water partition coefficient (Wildman–Crippen LogP) is 1.87. The number of ether oxygens (including phenoxy) is 1. The third kappa shape index (κ3) is 4.12. The van der Waals surface area contributed by atoms with E-state index in [-0.39, 0.29) is 0 Å². The van der Waals surface area contributed by atoms with Gasteiger partial charge in [0.25, 0.3) is 0 Å². The number of nitrogens with one attached hydrogen (secondary N) is 1. The number of rotatable bonds is 7. The van der Waals surface area contributed by atoms with Crippen molar-refractivity contribution in [3.63, 3.8) is 0 Å². The summed E-state index contributed by atoms with van der Waals surface area (Å²) in [4.78, 5) is 2.29. The van der Waals surface area contributed by atoms with Crippen molar-refractivity contribution in [1.82, 2.24) is 10.2 Å². The van der Waals surface area contributed by atoms with Crippen molar-refractivity contribution in [2.45, 2.75) is 38.5 Å². The summed E-state index contributed by atoms with van der Waals surface area (Å²) in [5.41, 5.74) is 0. The van der Waals surface area contributed by atoms with Crippen LogP contribution in [0.5, 0.6) is 0 Å². The van der Waals surface area contributed by atoms with E-state index >= 15 is 0 Å². The number of hydrogen-bond donors (Lipinski definition) is 1. The topological polar surface area (TPSA) is 37.6 Å². The SMILES string of the molecule is CC(CNCC1CCCO1)N(C)Cc1ccco1. The highest BCUT2D eigenvalue weighted by Crippen LogP contribution is 2.11. The van der Waals surface area contributed by atoms with Crippen molar-refractivity contribution in [2.75, 3.05) is 26.7 Å².